The van der Waals surface area contributed by atoms with Crippen LogP contribution in [-0.2, 0) is 17.0 Å². The molecule has 0 aliphatic carbocycles. The van der Waals surface area contributed by atoms with E-state index in [4.69, 9.17) is 11.6 Å². The maximum atomic E-state index is 11.3. The highest BCUT2D eigenvalue weighted by Gasteiger charge is 2.11. The minimum absolute atomic E-state index is 0.0303. The molecule has 2 N–H and O–H groups in total. The van der Waals surface area contributed by atoms with Crippen LogP contribution in [0.1, 0.15) is 47.6 Å². The average Bonchev–Trinajstić information content (AvgIpc) is 2.59. The molecule has 140 valence electrons. The molecule has 0 aliphatic heterocycles. The van der Waals surface area contributed by atoms with Gasteiger partial charge in [-0.3, -0.25) is 4.79 Å². The highest BCUT2D eigenvalue weighted by Crippen LogP contribution is 2.30. The summed E-state index contributed by atoms with van der Waals surface area (Å²) in [5.74, 6) is 1.84. The molecule has 2 rings (SSSR count). The largest absolute Gasteiger partial charge is 0.508 e. The Morgan fingerprint density at radius 1 is 1.23 bits per heavy atom. The summed E-state index contributed by atoms with van der Waals surface area (Å²) in [6.07, 6.45) is 0.732. The molecule has 0 bridgehead atoms. The summed E-state index contributed by atoms with van der Waals surface area (Å²) in [5.41, 5.74) is 5.47. The molecule has 1 amide bonds. The number of aryl methyl sites for hydroxylation is 1. The predicted octanol–water partition coefficient (Wildman–Crippen LogP) is 5.05. The van der Waals surface area contributed by atoms with Gasteiger partial charge in [0, 0.05) is 17.8 Å². The summed E-state index contributed by atoms with van der Waals surface area (Å²) in [6, 6.07) is 9.90. The lowest BCUT2D eigenvalue weighted by Gasteiger charge is -2.14. The smallest absolute Gasteiger partial charge is 0.229 e. The van der Waals surface area contributed by atoms with E-state index in [1.807, 2.05) is 12.1 Å². The van der Waals surface area contributed by atoms with E-state index < -0.39 is 0 Å². The summed E-state index contributed by atoms with van der Waals surface area (Å²) in [4.78, 5) is 11.3. The summed E-state index contributed by atoms with van der Waals surface area (Å²) in [7, 11) is 1.65. The van der Waals surface area contributed by atoms with E-state index in [1.54, 1.807) is 24.9 Å². The van der Waals surface area contributed by atoms with Gasteiger partial charge in [0.15, 0.2) is 0 Å². The second-order valence-electron chi connectivity index (χ2n) is 6.76. The van der Waals surface area contributed by atoms with Gasteiger partial charge >= 0.3 is 0 Å². The molecule has 0 fully saturated rings. The van der Waals surface area contributed by atoms with Crippen LogP contribution in [0.5, 0.6) is 5.75 Å². The van der Waals surface area contributed by atoms with Crippen molar-refractivity contribution in [3.63, 3.8) is 0 Å². The second kappa shape index (κ2) is 9.33. The van der Waals surface area contributed by atoms with Gasteiger partial charge in [0.1, 0.15) is 5.75 Å². The lowest BCUT2D eigenvalue weighted by atomic mass is 9.94. The van der Waals surface area contributed by atoms with Crippen molar-refractivity contribution in [3.05, 3.63) is 63.2 Å². The van der Waals surface area contributed by atoms with Crippen LogP contribution in [0.3, 0.4) is 0 Å². The van der Waals surface area contributed by atoms with Gasteiger partial charge in [-0.15, -0.1) is 11.8 Å². The molecule has 0 saturated heterocycles. The molecule has 0 spiro atoms. The summed E-state index contributed by atoms with van der Waals surface area (Å²) < 4.78 is 0. The molecule has 2 aromatic carbocycles. The van der Waals surface area contributed by atoms with Crippen LogP contribution in [-0.4, -0.2) is 23.8 Å². The first-order valence-electron chi connectivity index (χ1n) is 8.69. The minimum Gasteiger partial charge on any atom is -0.508 e. The van der Waals surface area contributed by atoms with Crippen molar-refractivity contribution in [2.75, 3.05) is 12.8 Å². The normalized spacial score (nSPS) is 11.0. The van der Waals surface area contributed by atoms with Crippen LogP contribution in [0.2, 0.25) is 5.02 Å². The number of carbonyl (C=O) groups is 1. The molecule has 0 heterocycles. The van der Waals surface area contributed by atoms with E-state index in [0.717, 1.165) is 45.0 Å². The number of amides is 1. The molecule has 0 aromatic heterocycles. The Balaban J connectivity index is 2.15. The number of halogens is 1. The molecule has 0 radical (unpaired) electrons. The Morgan fingerprint density at radius 2 is 1.96 bits per heavy atom. The first kappa shape index (κ1) is 20.7. The zero-order valence-electron chi connectivity index (χ0n) is 15.7. The number of phenolic OH excluding ortho intramolecular Hbond substituents is 1. The van der Waals surface area contributed by atoms with Gasteiger partial charge in [0.2, 0.25) is 5.91 Å². The summed E-state index contributed by atoms with van der Waals surface area (Å²) in [5, 5.41) is 13.4. The standard InChI is InChI=1S/C21H26ClNO2S/c1-13(2)17-8-15(5-6-20(17)24)9-18-14(3)7-16(10-19(18)22)11-26-12-21(25)23-4/h5-8,10,13,24H,9,11-12H2,1-4H3,(H,23,25). The molecule has 3 nitrogen and oxygen atoms in total. The molecule has 2 aromatic rings. The fourth-order valence-electron chi connectivity index (χ4n) is 2.87. The second-order valence-corrected chi connectivity index (χ2v) is 8.16. The number of rotatable bonds is 7. The van der Waals surface area contributed by atoms with Gasteiger partial charge in [0.05, 0.1) is 5.75 Å². The Bertz CT molecular complexity index is 767. The highest BCUT2D eigenvalue weighted by atomic mass is 35.5. The van der Waals surface area contributed by atoms with E-state index in [0.29, 0.717) is 11.5 Å². The number of nitrogens with one attached hydrogen (secondary N) is 1. The van der Waals surface area contributed by atoms with Crippen LogP contribution in [0.15, 0.2) is 30.3 Å². The van der Waals surface area contributed by atoms with E-state index >= 15 is 0 Å². The molecule has 0 unspecified atom stereocenters. The van der Waals surface area contributed by atoms with Gasteiger partial charge in [-0.25, -0.2) is 0 Å². The fourth-order valence-corrected chi connectivity index (χ4v) is 4.06. The highest BCUT2D eigenvalue weighted by molar-refractivity contribution is 7.99. The van der Waals surface area contributed by atoms with E-state index in [1.165, 1.54) is 0 Å². The van der Waals surface area contributed by atoms with Gasteiger partial charge in [-0.05, 0) is 59.2 Å². The number of thioether (sulfide) groups is 1. The van der Waals surface area contributed by atoms with Gasteiger partial charge in [0.25, 0.3) is 0 Å². The van der Waals surface area contributed by atoms with E-state index in [-0.39, 0.29) is 11.8 Å². The lowest BCUT2D eigenvalue weighted by Crippen LogP contribution is -2.19. The monoisotopic (exact) mass is 391 g/mol. The number of hydrogen-bond acceptors (Lipinski definition) is 3. The molecule has 0 saturated carbocycles. The molecular formula is C21H26ClNO2S. The quantitative estimate of drug-likeness (QED) is 0.694. The van der Waals surface area contributed by atoms with Crippen LogP contribution >= 0.6 is 23.4 Å². The molecule has 26 heavy (non-hydrogen) atoms. The zero-order valence-corrected chi connectivity index (χ0v) is 17.3. The average molecular weight is 392 g/mol. The van der Waals surface area contributed by atoms with Crippen molar-refractivity contribution in [3.8, 4) is 5.75 Å². The first-order valence-corrected chi connectivity index (χ1v) is 10.2. The topological polar surface area (TPSA) is 49.3 Å². The summed E-state index contributed by atoms with van der Waals surface area (Å²) in [6.45, 7) is 6.21. The van der Waals surface area contributed by atoms with Gasteiger partial charge < -0.3 is 10.4 Å². The Labute approximate surface area is 165 Å². The fraction of sp³-hybridized carbons (Fsp3) is 0.381. The Kier molecular flexibility index (Phi) is 7.42. The Morgan fingerprint density at radius 3 is 2.58 bits per heavy atom. The number of benzene rings is 2. The number of hydrogen-bond donors (Lipinski definition) is 2. The van der Waals surface area contributed by atoms with Crippen LogP contribution in [0.4, 0.5) is 0 Å². The van der Waals surface area contributed by atoms with Crippen LogP contribution in [0, 0.1) is 6.92 Å². The van der Waals surface area contributed by atoms with Crippen LogP contribution in [0.25, 0.3) is 0 Å². The maximum absolute atomic E-state index is 11.3. The van der Waals surface area contributed by atoms with Crippen molar-refractivity contribution in [1.29, 1.82) is 0 Å². The summed E-state index contributed by atoms with van der Waals surface area (Å²) >= 11 is 8.12. The number of carbonyl (C=O) groups excluding carboxylic acids is 1. The van der Waals surface area contributed by atoms with Crippen molar-refractivity contribution in [1.82, 2.24) is 5.32 Å². The van der Waals surface area contributed by atoms with Crippen molar-refractivity contribution >= 4 is 29.3 Å². The third kappa shape index (κ3) is 5.42. The van der Waals surface area contributed by atoms with Gasteiger partial charge in [-0.2, -0.15) is 0 Å². The SMILES string of the molecule is CNC(=O)CSCc1cc(C)c(Cc2ccc(O)c(C(C)C)c2)c(Cl)c1. The van der Waals surface area contributed by atoms with Crippen LogP contribution < -0.4 is 5.32 Å². The minimum atomic E-state index is 0.0303. The van der Waals surface area contributed by atoms with E-state index in [2.05, 4.69) is 38.2 Å². The third-order valence-electron chi connectivity index (χ3n) is 4.35. The molecule has 0 aliphatic rings. The molecule has 5 heteroatoms. The molecular weight excluding hydrogens is 366 g/mol. The first-order chi connectivity index (χ1) is 12.3. The lowest BCUT2D eigenvalue weighted by molar-refractivity contribution is -0.118. The predicted molar refractivity (Wildman–Crippen MR) is 111 cm³/mol. The maximum Gasteiger partial charge on any atom is 0.229 e. The van der Waals surface area contributed by atoms with E-state index in [9.17, 15) is 9.90 Å². The zero-order chi connectivity index (χ0) is 19.3. The van der Waals surface area contributed by atoms with Gasteiger partial charge in [-0.1, -0.05) is 43.6 Å². The molecule has 0 atom stereocenters. The Hall–Kier alpha value is -1.65. The van der Waals surface area contributed by atoms with Crippen molar-refractivity contribution in [2.45, 2.75) is 38.9 Å². The van der Waals surface area contributed by atoms with Crippen molar-refractivity contribution in [2.24, 2.45) is 0 Å². The number of aromatic hydroxyl groups is 1. The van der Waals surface area contributed by atoms with Crippen molar-refractivity contribution < 1.29 is 9.90 Å². The number of phenols is 1. The third-order valence-corrected chi connectivity index (χ3v) is 5.69.